The van der Waals surface area contributed by atoms with Crippen molar-refractivity contribution in [1.29, 1.82) is 0 Å². The Hall–Kier alpha value is -1.89. The summed E-state index contributed by atoms with van der Waals surface area (Å²) in [6.45, 7) is 2.78. The van der Waals surface area contributed by atoms with Crippen molar-refractivity contribution in [3.63, 3.8) is 0 Å². The predicted molar refractivity (Wildman–Crippen MR) is 79.3 cm³/mol. The molecule has 1 aromatic rings. The molecule has 0 radical (unpaired) electrons. The molecule has 0 bridgehead atoms. The van der Waals surface area contributed by atoms with Crippen LogP contribution < -0.4 is 5.32 Å². The number of rotatable bonds is 2. The van der Waals surface area contributed by atoms with E-state index in [2.05, 4.69) is 10.4 Å². The van der Waals surface area contributed by atoms with E-state index in [0.717, 1.165) is 24.2 Å². The van der Waals surface area contributed by atoms with Gasteiger partial charge in [-0.3, -0.25) is 14.3 Å². The van der Waals surface area contributed by atoms with E-state index >= 15 is 0 Å². The summed E-state index contributed by atoms with van der Waals surface area (Å²) in [5.74, 6) is -0.288. The van der Waals surface area contributed by atoms with E-state index in [4.69, 9.17) is 4.74 Å². The summed E-state index contributed by atoms with van der Waals surface area (Å²) in [5, 5.41) is 7.73. The zero-order valence-electron chi connectivity index (χ0n) is 13.1. The summed E-state index contributed by atoms with van der Waals surface area (Å²) >= 11 is 0. The van der Waals surface area contributed by atoms with E-state index in [1.165, 1.54) is 7.11 Å². The van der Waals surface area contributed by atoms with E-state index in [0.29, 0.717) is 38.2 Å². The van der Waals surface area contributed by atoms with Crippen LogP contribution in [0.2, 0.25) is 0 Å². The molecule has 0 atom stereocenters. The average molecular weight is 306 g/mol. The maximum Gasteiger partial charge on any atom is 0.308 e. The summed E-state index contributed by atoms with van der Waals surface area (Å²) in [7, 11) is 3.30. The van der Waals surface area contributed by atoms with Crippen molar-refractivity contribution in [2.75, 3.05) is 26.7 Å². The van der Waals surface area contributed by atoms with Crippen LogP contribution in [-0.2, 0) is 29.5 Å². The van der Waals surface area contributed by atoms with Gasteiger partial charge in [0.25, 0.3) is 5.91 Å². The summed E-state index contributed by atoms with van der Waals surface area (Å²) in [6.07, 6.45) is 2.22. The van der Waals surface area contributed by atoms with Gasteiger partial charge in [-0.05, 0) is 12.8 Å². The second kappa shape index (κ2) is 6.08. The molecule has 22 heavy (non-hydrogen) atoms. The Morgan fingerprint density at radius 3 is 2.73 bits per heavy atom. The second-order valence-corrected chi connectivity index (χ2v) is 5.91. The van der Waals surface area contributed by atoms with Crippen molar-refractivity contribution in [3.05, 3.63) is 17.0 Å². The van der Waals surface area contributed by atoms with E-state index in [1.807, 2.05) is 11.7 Å². The molecule has 1 fully saturated rings. The number of hydrogen-bond acceptors (Lipinski definition) is 5. The fraction of sp³-hybridized carbons (Fsp3) is 0.667. The maximum atomic E-state index is 12.7. The van der Waals surface area contributed by atoms with Gasteiger partial charge in [-0.1, -0.05) is 0 Å². The number of nitrogens with zero attached hydrogens (tertiary/aromatic N) is 3. The van der Waals surface area contributed by atoms with Gasteiger partial charge < -0.3 is 15.0 Å². The molecule has 7 heteroatoms. The van der Waals surface area contributed by atoms with Crippen LogP contribution in [0.4, 0.5) is 0 Å². The third-order valence-electron chi connectivity index (χ3n) is 4.63. The van der Waals surface area contributed by atoms with Gasteiger partial charge in [-0.15, -0.1) is 0 Å². The molecule has 7 nitrogen and oxygen atoms in total. The summed E-state index contributed by atoms with van der Waals surface area (Å²) < 4.78 is 6.61. The Bertz CT molecular complexity index is 588. The van der Waals surface area contributed by atoms with E-state index in [1.54, 1.807) is 4.90 Å². The highest BCUT2D eigenvalue weighted by Gasteiger charge is 2.31. The lowest BCUT2D eigenvalue weighted by Crippen LogP contribution is -2.41. The van der Waals surface area contributed by atoms with Crippen molar-refractivity contribution < 1.29 is 14.3 Å². The first-order valence-corrected chi connectivity index (χ1v) is 7.74. The number of ether oxygens (including phenoxy) is 1. The molecule has 0 aromatic carbocycles. The van der Waals surface area contributed by atoms with Gasteiger partial charge in [-0.2, -0.15) is 5.10 Å². The van der Waals surface area contributed by atoms with Crippen LogP contribution in [0, 0.1) is 5.92 Å². The molecular weight excluding hydrogens is 284 g/mol. The Morgan fingerprint density at radius 2 is 2.05 bits per heavy atom. The largest absolute Gasteiger partial charge is 0.469 e. The van der Waals surface area contributed by atoms with Crippen LogP contribution in [-0.4, -0.2) is 53.3 Å². The first-order valence-electron chi connectivity index (χ1n) is 7.74. The van der Waals surface area contributed by atoms with Crippen molar-refractivity contribution in [3.8, 4) is 0 Å². The number of nitrogens with one attached hydrogen (secondary N) is 1. The highest BCUT2D eigenvalue weighted by Crippen LogP contribution is 2.23. The molecule has 2 aliphatic heterocycles. The molecule has 2 aliphatic rings. The second-order valence-electron chi connectivity index (χ2n) is 5.91. The van der Waals surface area contributed by atoms with E-state index in [-0.39, 0.29) is 17.8 Å². The molecule has 0 spiro atoms. The minimum Gasteiger partial charge on any atom is -0.469 e. The third-order valence-corrected chi connectivity index (χ3v) is 4.63. The van der Waals surface area contributed by atoms with Gasteiger partial charge in [0, 0.05) is 50.9 Å². The molecule has 3 heterocycles. The highest BCUT2D eigenvalue weighted by atomic mass is 16.5. The highest BCUT2D eigenvalue weighted by molar-refractivity contribution is 5.94. The maximum absolute atomic E-state index is 12.7. The number of piperidine rings is 1. The Labute approximate surface area is 129 Å². The zero-order valence-corrected chi connectivity index (χ0v) is 13.1. The average Bonchev–Trinajstić information content (AvgIpc) is 2.91. The normalized spacial score (nSPS) is 18.9. The van der Waals surface area contributed by atoms with E-state index < -0.39 is 0 Å². The molecule has 3 rings (SSSR count). The fourth-order valence-electron chi connectivity index (χ4n) is 3.33. The van der Waals surface area contributed by atoms with Crippen molar-refractivity contribution >= 4 is 11.9 Å². The van der Waals surface area contributed by atoms with Crippen LogP contribution in [0.3, 0.4) is 0 Å². The standard InChI is InChI=1S/C15H22N4O3/c1-18-12-3-6-16-9-11(12)13(17-18)14(20)19-7-4-10(5-8-19)15(21)22-2/h10,16H,3-9H2,1-2H3. The number of amides is 1. The number of fused-ring (bicyclic) bond motifs is 1. The van der Waals surface area contributed by atoms with Gasteiger partial charge in [0.1, 0.15) is 0 Å². The third kappa shape index (κ3) is 2.61. The molecule has 1 saturated heterocycles. The minimum absolute atomic E-state index is 0.0242. The first-order chi connectivity index (χ1) is 10.6. The molecule has 0 aliphatic carbocycles. The molecule has 0 unspecified atom stereocenters. The summed E-state index contributed by atoms with van der Waals surface area (Å²) in [5.41, 5.74) is 2.72. The minimum atomic E-state index is -0.175. The topological polar surface area (TPSA) is 76.5 Å². The lowest BCUT2D eigenvalue weighted by molar-refractivity contribution is -0.146. The van der Waals surface area contributed by atoms with Crippen LogP contribution in [0.1, 0.15) is 34.6 Å². The van der Waals surface area contributed by atoms with Crippen molar-refractivity contribution in [2.45, 2.75) is 25.8 Å². The van der Waals surface area contributed by atoms with Crippen LogP contribution in [0.15, 0.2) is 0 Å². The van der Waals surface area contributed by atoms with Crippen molar-refractivity contribution in [1.82, 2.24) is 20.0 Å². The lowest BCUT2D eigenvalue weighted by Gasteiger charge is -2.30. The summed E-state index contributed by atoms with van der Waals surface area (Å²) in [4.78, 5) is 26.1. The quantitative estimate of drug-likeness (QED) is 0.784. The molecule has 1 amide bonds. The monoisotopic (exact) mass is 306 g/mol. The van der Waals surface area contributed by atoms with Gasteiger partial charge in [-0.25, -0.2) is 0 Å². The lowest BCUT2D eigenvalue weighted by atomic mass is 9.96. The molecule has 0 saturated carbocycles. The van der Waals surface area contributed by atoms with Crippen LogP contribution in [0.5, 0.6) is 0 Å². The number of aryl methyl sites for hydroxylation is 1. The van der Waals surface area contributed by atoms with Gasteiger partial charge in [0.2, 0.25) is 0 Å². The first kappa shape index (κ1) is 15.0. The number of likely N-dealkylation sites (tertiary alicyclic amines) is 1. The molecule has 120 valence electrons. The zero-order chi connectivity index (χ0) is 15.7. The number of methoxy groups -OCH3 is 1. The molecule has 1 aromatic heterocycles. The number of carbonyl (C=O) groups is 2. The summed E-state index contributed by atoms with van der Waals surface area (Å²) in [6, 6.07) is 0. The van der Waals surface area contributed by atoms with Gasteiger partial charge in [0.15, 0.2) is 5.69 Å². The van der Waals surface area contributed by atoms with E-state index in [9.17, 15) is 9.59 Å². The Balaban J connectivity index is 1.72. The number of aromatic nitrogens is 2. The SMILES string of the molecule is COC(=O)C1CCN(C(=O)c2nn(C)c3c2CNCC3)CC1. The number of hydrogen-bond donors (Lipinski definition) is 1. The molecule has 1 N–H and O–H groups in total. The van der Waals surface area contributed by atoms with Gasteiger partial charge >= 0.3 is 5.97 Å². The number of carbonyl (C=O) groups excluding carboxylic acids is 2. The smallest absolute Gasteiger partial charge is 0.308 e. The fourth-order valence-corrected chi connectivity index (χ4v) is 3.33. The van der Waals surface area contributed by atoms with Crippen LogP contribution in [0.25, 0.3) is 0 Å². The van der Waals surface area contributed by atoms with Crippen molar-refractivity contribution in [2.24, 2.45) is 13.0 Å². The van der Waals surface area contributed by atoms with Gasteiger partial charge in [0.05, 0.1) is 13.0 Å². The Kier molecular flexibility index (Phi) is 4.15. The molecular formula is C15H22N4O3. The Morgan fingerprint density at radius 1 is 1.32 bits per heavy atom. The van der Waals surface area contributed by atoms with Crippen LogP contribution >= 0.6 is 0 Å². The predicted octanol–water partition coefficient (Wildman–Crippen LogP) is 0.0910. The number of esters is 1.